The van der Waals surface area contributed by atoms with E-state index in [9.17, 15) is 4.79 Å². The molecule has 0 aromatic heterocycles. The summed E-state index contributed by atoms with van der Waals surface area (Å²) in [5.74, 6) is 1.99. The van der Waals surface area contributed by atoms with E-state index in [4.69, 9.17) is 9.31 Å². The minimum Gasteiger partial charge on any atom is -0.400 e. The van der Waals surface area contributed by atoms with Gasteiger partial charge in [0, 0.05) is 18.7 Å². The molecular formula is C19H28BNO3. The van der Waals surface area contributed by atoms with Crippen LogP contribution in [0.1, 0.15) is 57.5 Å². The Morgan fingerprint density at radius 2 is 1.54 bits per heavy atom. The largest absolute Gasteiger partial charge is 0.487 e. The van der Waals surface area contributed by atoms with E-state index in [2.05, 4.69) is 0 Å². The van der Waals surface area contributed by atoms with E-state index in [1.165, 1.54) is 0 Å². The number of amides is 1. The minimum absolute atomic E-state index is 0.0708. The summed E-state index contributed by atoms with van der Waals surface area (Å²) in [5.41, 5.74) is 1.07. The molecule has 1 aliphatic rings. The van der Waals surface area contributed by atoms with Gasteiger partial charge >= 0.3 is 7.12 Å². The molecule has 0 atom stereocenters. The zero-order valence-electron chi connectivity index (χ0n) is 15.6. The van der Waals surface area contributed by atoms with Crippen LogP contribution in [-0.2, 0) is 9.31 Å². The lowest BCUT2D eigenvalue weighted by Gasteiger charge is -2.32. The monoisotopic (exact) mass is 329 g/mol. The number of carbonyl (C=O) groups is 1. The van der Waals surface area contributed by atoms with Crippen molar-refractivity contribution in [1.29, 1.82) is 0 Å². The minimum atomic E-state index is -0.355. The van der Waals surface area contributed by atoms with Crippen molar-refractivity contribution in [3.05, 3.63) is 41.4 Å². The molecule has 0 bridgehead atoms. The molecule has 24 heavy (non-hydrogen) atoms. The summed E-state index contributed by atoms with van der Waals surface area (Å²) in [6, 6.07) is 7.62. The van der Waals surface area contributed by atoms with Gasteiger partial charge < -0.3 is 14.2 Å². The van der Waals surface area contributed by atoms with Crippen molar-refractivity contribution in [1.82, 2.24) is 4.90 Å². The second-order valence-corrected chi connectivity index (χ2v) is 7.08. The lowest BCUT2D eigenvalue weighted by Crippen LogP contribution is -2.41. The maximum Gasteiger partial charge on any atom is 0.487 e. The first-order valence-corrected chi connectivity index (χ1v) is 8.63. The maximum atomic E-state index is 12.3. The first kappa shape index (κ1) is 18.7. The highest BCUT2D eigenvalue weighted by Gasteiger charge is 2.49. The average molecular weight is 329 g/mol. The van der Waals surface area contributed by atoms with Crippen LogP contribution < -0.4 is 0 Å². The lowest BCUT2D eigenvalue weighted by atomic mass is 9.89. The van der Waals surface area contributed by atoms with Gasteiger partial charge in [-0.05, 0) is 59.2 Å². The van der Waals surface area contributed by atoms with Gasteiger partial charge in [-0.25, -0.2) is 0 Å². The molecule has 0 radical (unpaired) electrons. The zero-order chi connectivity index (χ0) is 18.0. The normalized spacial score (nSPS) is 19.0. The number of carbonyl (C=O) groups excluding carboxylic acids is 1. The molecule has 1 heterocycles. The Morgan fingerprint density at radius 1 is 1.04 bits per heavy atom. The molecular weight excluding hydrogens is 301 g/mol. The molecule has 1 saturated heterocycles. The third-order valence-electron chi connectivity index (χ3n) is 4.93. The number of hydrogen-bond acceptors (Lipinski definition) is 3. The highest BCUT2D eigenvalue weighted by atomic mass is 16.7. The van der Waals surface area contributed by atoms with Gasteiger partial charge in [-0.2, -0.15) is 0 Å². The van der Waals surface area contributed by atoms with Gasteiger partial charge in [-0.15, -0.1) is 0 Å². The second kappa shape index (κ2) is 7.12. The van der Waals surface area contributed by atoms with Gasteiger partial charge in [0.2, 0.25) is 0 Å². The summed E-state index contributed by atoms with van der Waals surface area (Å²) in [4.78, 5) is 14.1. The Morgan fingerprint density at radius 3 is 2.00 bits per heavy atom. The second-order valence-electron chi connectivity index (χ2n) is 7.08. The fourth-order valence-corrected chi connectivity index (χ4v) is 2.59. The quantitative estimate of drug-likeness (QED) is 0.771. The van der Waals surface area contributed by atoms with Gasteiger partial charge in [-0.1, -0.05) is 24.2 Å². The summed E-state index contributed by atoms with van der Waals surface area (Å²) in [6.07, 6.45) is 1.97. The molecule has 1 aromatic carbocycles. The van der Waals surface area contributed by atoms with E-state index >= 15 is 0 Å². The summed E-state index contributed by atoms with van der Waals surface area (Å²) in [6.45, 7) is 13.6. The van der Waals surface area contributed by atoms with E-state index < -0.39 is 0 Å². The van der Waals surface area contributed by atoms with Crippen molar-refractivity contribution in [2.45, 2.75) is 52.7 Å². The van der Waals surface area contributed by atoms with Crippen molar-refractivity contribution in [2.75, 3.05) is 13.1 Å². The Balaban J connectivity index is 2.04. The van der Waals surface area contributed by atoms with Crippen LogP contribution >= 0.6 is 0 Å². The van der Waals surface area contributed by atoms with Crippen LogP contribution in [0.2, 0.25) is 0 Å². The highest BCUT2D eigenvalue weighted by molar-refractivity contribution is 6.52. The van der Waals surface area contributed by atoms with Crippen molar-refractivity contribution < 1.29 is 14.1 Å². The van der Waals surface area contributed by atoms with Crippen LogP contribution in [0, 0.1) is 0 Å². The third kappa shape index (κ3) is 3.90. The lowest BCUT2D eigenvalue weighted by molar-refractivity contribution is 0.00578. The molecule has 0 saturated carbocycles. The van der Waals surface area contributed by atoms with Gasteiger partial charge in [-0.3, -0.25) is 4.79 Å². The van der Waals surface area contributed by atoms with Gasteiger partial charge in [0.15, 0.2) is 0 Å². The molecule has 1 amide bonds. The zero-order valence-corrected chi connectivity index (χ0v) is 15.6. The average Bonchev–Trinajstić information content (AvgIpc) is 2.74. The molecule has 130 valence electrons. The first-order valence-electron chi connectivity index (χ1n) is 8.63. The van der Waals surface area contributed by atoms with Gasteiger partial charge in [0.25, 0.3) is 5.91 Å². The SMILES string of the molecule is CCN(CC)C(=O)c1ccc(/C=C/B2OC(C)(C)C(C)(C)O2)cc1. The standard InChI is InChI=1S/C19H28BNO3/c1-7-21(8-2)17(22)16-11-9-15(10-12-16)13-14-20-23-18(3,4)19(5,6)24-20/h9-14H,7-8H2,1-6H3/b14-13+. The maximum absolute atomic E-state index is 12.3. The van der Waals surface area contributed by atoms with Crippen LogP contribution in [0.15, 0.2) is 30.2 Å². The van der Waals surface area contributed by atoms with E-state index in [0.717, 1.165) is 18.7 Å². The van der Waals surface area contributed by atoms with Crippen LogP contribution in [-0.4, -0.2) is 42.2 Å². The van der Waals surface area contributed by atoms with E-state index in [-0.39, 0.29) is 24.2 Å². The molecule has 5 heteroatoms. The van der Waals surface area contributed by atoms with Crippen molar-refractivity contribution >= 4 is 19.1 Å². The van der Waals surface area contributed by atoms with Gasteiger partial charge in [0.1, 0.15) is 0 Å². The third-order valence-corrected chi connectivity index (χ3v) is 4.93. The molecule has 0 unspecified atom stereocenters. The molecule has 4 nitrogen and oxygen atoms in total. The van der Waals surface area contributed by atoms with Crippen molar-refractivity contribution in [2.24, 2.45) is 0 Å². The van der Waals surface area contributed by atoms with E-state index in [1.807, 2.05) is 82.8 Å². The molecule has 2 rings (SSSR count). The molecule has 0 spiro atoms. The number of rotatable bonds is 5. The molecule has 1 aliphatic heterocycles. The van der Waals surface area contributed by atoms with Gasteiger partial charge in [0.05, 0.1) is 11.2 Å². The Labute approximate surface area is 146 Å². The number of benzene rings is 1. The predicted molar refractivity (Wildman–Crippen MR) is 98.8 cm³/mol. The summed E-state index contributed by atoms with van der Waals surface area (Å²) < 4.78 is 11.9. The Hall–Kier alpha value is -1.59. The number of nitrogens with zero attached hydrogens (tertiary/aromatic N) is 1. The first-order chi connectivity index (χ1) is 11.2. The van der Waals surface area contributed by atoms with Crippen LogP contribution in [0.4, 0.5) is 0 Å². The predicted octanol–water partition coefficient (Wildman–Crippen LogP) is 3.81. The smallest absolute Gasteiger partial charge is 0.400 e. The molecule has 0 aliphatic carbocycles. The Kier molecular flexibility index (Phi) is 5.56. The van der Waals surface area contributed by atoms with Crippen LogP contribution in [0.25, 0.3) is 6.08 Å². The van der Waals surface area contributed by atoms with E-state index in [1.54, 1.807) is 0 Å². The Bertz CT molecular complexity index is 588. The number of hydrogen-bond donors (Lipinski definition) is 0. The summed E-state index contributed by atoms with van der Waals surface area (Å²) in [7, 11) is -0.355. The fraction of sp³-hybridized carbons (Fsp3) is 0.526. The highest BCUT2D eigenvalue weighted by Crippen LogP contribution is 2.37. The summed E-state index contributed by atoms with van der Waals surface area (Å²) >= 11 is 0. The molecule has 0 N–H and O–H groups in total. The van der Waals surface area contributed by atoms with Crippen molar-refractivity contribution in [3.8, 4) is 0 Å². The van der Waals surface area contributed by atoms with Crippen molar-refractivity contribution in [3.63, 3.8) is 0 Å². The summed E-state index contributed by atoms with van der Waals surface area (Å²) in [5, 5.41) is 0. The topological polar surface area (TPSA) is 38.8 Å². The fourth-order valence-electron chi connectivity index (χ4n) is 2.59. The molecule has 1 aromatic rings. The van der Waals surface area contributed by atoms with E-state index in [0.29, 0.717) is 5.56 Å². The van der Waals surface area contributed by atoms with Crippen LogP contribution in [0.5, 0.6) is 0 Å². The molecule has 1 fully saturated rings. The van der Waals surface area contributed by atoms with Crippen LogP contribution in [0.3, 0.4) is 0 Å².